The summed E-state index contributed by atoms with van der Waals surface area (Å²) in [5.41, 5.74) is 1.18. The van der Waals surface area contributed by atoms with Crippen molar-refractivity contribution in [1.82, 2.24) is 9.55 Å². The Morgan fingerprint density at radius 3 is 3.11 bits per heavy atom. The number of nitrogens with zero attached hydrogens (tertiary/aromatic N) is 2. The van der Waals surface area contributed by atoms with Crippen LogP contribution in [0, 0.1) is 0 Å². The van der Waals surface area contributed by atoms with E-state index in [1.54, 1.807) is 7.11 Å². The van der Waals surface area contributed by atoms with Gasteiger partial charge in [-0.25, -0.2) is 4.98 Å². The summed E-state index contributed by atoms with van der Waals surface area (Å²) in [5, 5.41) is 2.96. The monoisotopic (exact) mass is 280 g/mol. The summed E-state index contributed by atoms with van der Waals surface area (Å²) in [5.74, 6) is 1.07. The van der Waals surface area contributed by atoms with Crippen LogP contribution in [0.2, 0.25) is 5.02 Å². The van der Waals surface area contributed by atoms with Gasteiger partial charge in [-0.05, 0) is 17.7 Å². The lowest BCUT2D eigenvalue weighted by atomic mass is 10.2. The summed E-state index contributed by atoms with van der Waals surface area (Å²) >= 11 is 6.00. The molecular formula is C14H19ClN3O+. The van der Waals surface area contributed by atoms with Crippen molar-refractivity contribution < 1.29 is 10.1 Å². The third kappa shape index (κ3) is 4.35. The molecule has 0 aliphatic rings. The van der Waals surface area contributed by atoms with Crippen LogP contribution in [-0.4, -0.2) is 29.8 Å². The van der Waals surface area contributed by atoms with Gasteiger partial charge < -0.3 is 14.6 Å². The zero-order valence-electron chi connectivity index (χ0n) is 11.1. The summed E-state index contributed by atoms with van der Waals surface area (Å²) < 4.78 is 7.17. The van der Waals surface area contributed by atoms with E-state index in [0.717, 1.165) is 37.1 Å². The molecule has 19 heavy (non-hydrogen) atoms. The lowest BCUT2D eigenvalue weighted by Crippen LogP contribution is -2.83. The smallest absolute Gasteiger partial charge is 0.164 e. The average molecular weight is 281 g/mol. The van der Waals surface area contributed by atoms with Crippen molar-refractivity contribution in [3.8, 4) is 0 Å². The molecule has 102 valence electrons. The van der Waals surface area contributed by atoms with Crippen molar-refractivity contribution in [3.05, 3.63) is 53.1 Å². The molecule has 0 saturated carbocycles. The number of aromatic nitrogens is 2. The van der Waals surface area contributed by atoms with Gasteiger partial charge >= 0.3 is 0 Å². The highest BCUT2D eigenvalue weighted by molar-refractivity contribution is 6.30. The number of quaternary nitrogens is 1. The second-order valence-corrected chi connectivity index (χ2v) is 4.81. The van der Waals surface area contributed by atoms with E-state index in [2.05, 4.69) is 20.9 Å². The van der Waals surface area contributed by atoms with Crippen LogP contribution >= 0.6 is 11.6 Å². The minimum absolute atomic E-state index is 0.759. The Morgan fingerprint density at radius 2 is 2.32 bits per heavy atom. The molecule has 0 spiro atoms. The first kappa shape index (κ1) is 14.1. The van der Waals surface area contributed by atoms with Crippen molar-refractivity contribution in [3.63, 3.8) is 0 Å². The standard InChI is InChI=1S/C14H18ClN3O/c1-19-8-6-16-10-14-17-5-7-18(14)11-12-3-2-4-13(15)9-12/h2-5,7,9,16H,6,8,10-11H2,1H3/p+1. The highest BCUT2D eigenvalue weighted by atomic mass is 35.5. The first-order chi connectivity index (χ1) is 9.29. The topological polar surface area (TPSA) is 43.7 Å². The normalized spacial score (nSPS) is 10.8. The van der Waals surface area contributed by atoms with Gasteiger partial charge in [-0.2, -0.15) is 0 Å². The molecular weight excluding hydrogens is 262 g/mol. The molecule has 2 rings (SSSR count). The van der Waals surface area contributed by atoms with E-state index in [1.807, 2.05) is 30.6 Å². The van der Waals surface area contributed by atoms with Gasteiger partial charge in [0.05, 0.1) is 13.2 Å². The Labute approximate surface area is 118 Å². The van der Waals surface area contributed by atoms with E-state index in [0.29, 0.717) is 0 Å². The number of nitrogens with two attached hydrogens (primary N) is 1. The van der Waals surface area contributed by atoms with E-state index in [-0.39, 0.29) is 0 Å². The van der Waals surface area contributed by atoms with Crippen LogP contribution in [0.3, 0.4) is 0 Å². The van der Waals surface area contributed by atoms with Crippen molar-refractivity contribution in [2.24, 2.45) is 0 Å². The number of halogens is 1. The number of ether oxygens (including phenoxy) is 1. The van der Waals surface area contributed by atoms with Gasteiger partial charge in [-0.15, -0.1) is 0 Å². The minimum Gasteiger partial charge on any atom is -0.379 e. The van der Waals surface area contributed by atoms with Crippen LogP contribution in [0.1, 0.15) is 11.4 Å². The second-order valence-electron chi connectivity index (χ2n) is 4.38. The van der Waals surface area contributed by atoms with Gasteiger partial charge in [0, 0.05) is 31.1 Å². The Morgan fingerprint density at radius 1 is 1.42 bits per heavy atom. The maximum absolute atomic E-state index is 6.00. The molecule has 0 unspecified atom stereocenters. The highest BCUT2D eigenvalue weighted by Crippen LogP contribution is 2.12. The van der Waals surface area contributed by atoms with Gasteiger partial charge in [0.2, 0.25) is 0 Å². The van der Waals surface area contributed by atoms with Crippen LogP contribution in [0.4, 0.5) is 0 Å². The molecule has 4 nitrogen and oxygen atoms in total. The van der Waals surface area contributed by atoms with E-state index in [4.69, 9.17) is 16.3 Å². The van der Waals surface area contributed by atoms with Gasteiger partial charge in [0.25, 0.3) is 0 Å². The van der Waals surface area contributed by atoms with Gasteiger partial charge in [0.1, 0.15) is 6.54 Å². The van der Waals surface area contributed by atoms with E-state index < -0.39 is 0 Å². The lowest BCUT2D eigenvalue weighted by Gasteiger charge is -2.07. The first-order valence-electron chi connectivity index (χ1n) is 6.34. The summed E-state index contributed by atoms with van der Waals surface area (Å²) in [7, 11) is 1.72. The first-order valence-corrected chi connectivity index (χ1v) is 6.72. The fourth-order valence-corrected chi connectivity index (χ4v) is 2.15. The molecule has 0 bridgehead atoms. The van der Waals surface area contributed by atoms with Gasteiger partial charge in [-0.3, -0.25) is 0 Å². The van der Waals surface area contributed by atoms with Crippen molar-refractivity contribution in [2.45, 2.75) is 13.1 Å². The molecule has 1 heterocycles. The molecule has 0 fully saturated rings. The lowest BCUT2D eigenvalue weighted by molar-refractivity contribution is -0.673. The van der Waals surface area contributed by atoms with Gasteiger partial charge in [-0.1, -0.05) is 23.7 Å². The van der Waals surface area contributed by atoms with E-state index >= 15 is 0 Å². The van der Waals surface area contributed by atoms with Gasteiger partial charge in [0.15, 0.2) is 5.82 Å². The number of methoxy groups -OCH3 is 1. The molecule has 1 aromatic carbocycles. The zero-order chi connectivity index (χ0) is 13.5. The molecule has 0 amide bonds. The van der Waals surface area contributed by atoms with Crippen LogP contribution < -0.4 is 5.32 Å². The molecule has 0 atom stereocenters. The molecule has 0 aliphatic heterocycles. The Bertz CT molecular complexity index is 513. The predicted molar refractivity (Wildman–Crippen MR) is 75.2 cm³/mol. The van der Waals surface area contributed by atoms with Crippen LogP contribution in [0.25, 0.3) is 0 Å². The Kier molecular flexibility index (Phi) is 5.39. The number of hydrogen-bond acceptors (Lipinski definition) is 2. The average Bonchev–Trinajstić information content (AvgIpc) is 2.82. The molecule has 1 aromatic heterocycles. The number of hydrogen-bond donors (Lipinski definition) is 1. The maximum Gasteiger partial charge on any atom is 0.164 e. The zero-order valence-corrected chi connectivity index (χ0v) is 11.8. The number of benzene rings is 1. The van der Waals surface area contributed by atoms with Crippen LogP contribution in [0.5, 0.6) is 0 Å². The van der Waals surface area contributed by atoms with E-state index in [9.17, 15) is 0 Å². The third-order valence-corrected chi connectivity index (χ3v) is 3.13. The number of imidazole rings is 1. The third-order valence-electron chi connectivity index (χ3n) is 2.90. The Hall–Kier alpha value is -1.36. The maximum atomic E-state index is 6.00. The van der Waals surface area contributed by atoms with Crippen molar-refractivity contribution in [1.29, 1.82) is 0 Å². The SMILES string of the molecule is COCC[NH2+]Cc1nccn1Cc1cccc(Cl)c1. The predicted octanol–water partition coefficient (Wildman–Crippen LogP) is 1.29. The highest BCUT2D eigenvalue weighted by Gasteiger charge is 2.05. The van der Waals surface area contributed by atoms with Crippen LogP contribution in [0.15, 0.2) is 36.7 Å². The largest absolute Gasteiger partial charge is 0.379 e. The molecule has 2 aromatic rings. The summed E-state index contributed by atoms with van der Waals surface area (Å²) in [6.07, 6.45) is 3.84. The molecule has 2 N–H and O–H groups in total. The number of rotatable bonds is 7. The fourth-order valence-electron chi connectivity index (χ4n) is 1.94. The summed E-state index contributed by atoms with van der Waals surface area (Å²) in [4.78, 5) is 4.39. The molecule has 0 aliphatic carbocycles. The minimum atomic E-state index is 0.759. The fraction of sp³-hybridized carbons (Fsp3) is 0.357. The van der Waals surface area contributed by atoms with Crippen LogP contribution in [-0.2, 0) is 17.8 Å². The quantitative estimate of drug-likeness (QED) is 0.777. The summed E-state index contributed by atoms with van der Waals surface area (Å²) in [6, 6.07) is 7.92. The van der Waals surface area contributed by atoms with E-state index in [1.165, 1.54) is 5.56 Å². The molecule has 0 saturated heterocycles. The second kappa shape index (κ2) is 7.28. The molecule has 5 heteroatoms. The summed E-state index contributed by atoms with van der Waals surface area (Å²) in [6.45, 7) is 3.36. The Balaban J connectivity index is 1.95. The van der Waals surface area contributed by atoms with Crippen molar-refractivity contribution >= 4 is 11.6 Å². The molecule has 0 radical (unpaired) electrons. The van der Waals surface area contributed by atoms with Crippen molar-refractivity contribution in [2.75, 3.05) is 20.3 Å².